The van der Waals surface area contributed by atoms with Crippen molar-refractivity contribution in [2.75, 3.05) is 69.8 Å². The van der Waals surface area contributed by atoms with Gasteiger partial charge in [0.15, 0.2) is 9.84 Å². The molecule has 6 aromatic heterocycles. The third kappa shape index (κ3) is 30.6. The molecule has 8 heterocycles. The van der Waals surface area contributed by atoms with Crippen LogP contribution < -0.4 is 53.2 Å². The first-order chi connectivity index (χ1) is 65.6. The number of amides is 5. The zero-order valence-electron chi connectivity index (χ0n) is 75.5. The molecule has 0 spiro atoms. The summed E-state index contributed by atoms with van der Waals surface area (Å²) in [5.41, 5.74) is 6.69. The molecule has 2 saturated heterocycles. The van der Waals surface area contributed by atoms with Crippen molar-refractivity contribution in [2.24, 2.45) is 0 Å². The van der Waals surface area contributed by atoms with E-state index in [1.807, 2.05) is 91.0 Å². The zero-order chi connectivity index (χ0) is 94.2. The summed E-state index contributed by atoms with van der Waals surface area (Å²) >= 11 is 0. The number of carbonyl (C=O) groups is 5. The highest BCUT2D eigenvalue weighted by Crippen LogP contribution is 2.32. The molecule has 35 nitrogen and oxygen atoms in total. The molecule has 6 aromatic carbocycles. The van der Waals surface area contributed by atoms with Gasteiger partial charge in [-0.1, -0.05) is 135 Å². The van der Waals surface area contributed by atoms with E-state index in [9.17, 15) is 57.9 Å². The molecule has 19 rings (SSSR count). The van der Waals surface area contributed by atoms with Crippen LogP contribution in [-0.2, 0) is 14.6 Å². The first-order valence-corrected chi connectivity index (χ1v) is 48.8. The van der Waals surface area contributed by atoms with Gasteiger partial charge in [-0.15, -0.1) is 0 Å². The Morgan fingerprint density at radius 1 is 0.386 bits per heavy atom. The lowest BCUT2D eigenvalue weighted by Gasteiger charge is -2.26. The first-order valence-electron chi connectivity index (χ1n) is 47.0. The van der Waals surface area contributed by atoms with E-state index in [1.54, 1.807) is 85.7 Å². The highest BCUT2D eigenvalue weighted by atomic mass is 32.2. The third-order valence-corrected chi connectivity index (χ3v) is 27.2. The van der Waals surface area contributed by atoms with Crippen LogP contribution in [0.3, 0.4) is 0 Å². The van der Waals surface area contributed by atoms with E-state index in [0.29, 0.717) is 105 Å². The van der Waals surface area contributed by atoms with Crippen LogP contribution in [0.4, 0.5) is 35.6 Å². The van der Waals surface area contributed by atoms with Crippen molar-refractivity contribution in [2.45, 2.75) is 271 Å². The van der Waals surface area contributed by atoms with Crippen LogP contribution >= 0.6 is 0 Å². The van der Waals surface area contributed by atoms with E-state index in [-0.39, 0.29) is 170 Å². The van der Waals surface area contributed by atoms with Crippen molar-refractivity contribution < 1.29 is 67.8 Å². The molecule has 0 radical (unpaired) electrons. The monoisotopic (exact) mass is 1940 g/mol. The molecule has 7 aliphatic rings. The molecule has 750 valence electrons. The summed E-state index contributed by atoms with van der Waals surface area (Å²) in [4.78, 5) is 112. The van der Waals surface area contributed by atoms with Gasteiger partial charge in [0.1, 0.15) is 5.82 Å². The van der Waals surface area contributed by atoms with Gasteiger partial charge in [0.05, 0.1) is 117 Å². The molecule has 36 heteroatoms. The van der Waals surface area contributed by atoms with Crippen LogP contribution in [0.25, 0.3) is 54.5 Å². The third-order valence-electron chi connectivity index (χ3n) is 25.5. The molecule has 5 amide bonds. The SMILES string of the molecule is C.C.C.C.C.CCC(NC(=O)c1ccc2cnc(NC3CCC(O)CC3)nc2c1)c1ccccc1.O=C(NC1CCOC1)c1cccc2cnc(NC3CCC(O)CC3)nc12.O=C(NC1CCS(=O)(=O)C1)c1cccc2cnc(NC3CCC(O)CC3)nc12.O=C(NCCO)c1cccc2cnc(NC3CCC(O)CC3)nc12.O=C(Nc1ccccn1)c1cccc2cnc(NC3CCC(O)CC3)nc12. The predicted octanol–water partition coefficient (Wildman–Crippen LogP) is 14.6. The molecule has 5 saturated carbocycles. The van der Waals surface area contributed by atoms with Crippen molar-refractivity contribution in [3.63, 3.8) is 0 Å². The van der Waals surface area contributed by atoms with Crippen molar-refractivity contribution in [1.82, 2.24) is 76.1 Å². The molecule has 2 aliphatic heterocycles. The van der Waals surface area contributed by atoms with E-state index in [1.165, 1.54) is 0 Å². The van der Waals surface area contributed by atoms with Gasteiger partial charge in [-0.25, -0.2) is 63.2 Å². The van der Waals surface area contributed by atoms with Gasteiger partial charge in [-0.05, 0) is 202 Å². The molecule has 3 atom stereocenters. The minimum absolute atomic E-state index is 0. The molecular weight excluding hydrogens is 1800 g/mol. The van der Waals surface area contributed by atoms with Crippen LogP contribution in [0.1, 0.15) is 255 Å². The van der Waals surface area contributed by atoms with E-state index in [0.717, 1.165) is 179 Å². The van der Waals surface area contributed by atoms with Crippen LogP contribution in [0.5, 0.6) is 0 Å². The molecule has 16 N–H and O–H groups in total. The summed E-state index contributed by atoms with van der Waals surface area (Å²) < 4.78 is 28.6. The Morgan fingerprint density at radius 3 is 1.13 bits per heavy atom. The molecule has 3 unspecified atom stereocenters. The van der Waals surface area contributed by atoms with E-state index in [2.05, 4.69) is 115 Å². The van der Waals surface area contributed by atoms with E-state index >= 15 is 0 Å². The summed E-state index contributed by atoms with van der Waals surface area (Å²) in [6.45, 7) is 3.41. The smallest absolute Gasteiger partial charge is 0.259 e. The van der Waals surface area contributed by atoms with Crippen LogP contribution in [0.15, 0.2) is 177 Å². The Morgan fingerprint density at radius 2 is 0.764 bits per heavy atom. The fraction of sp³-hybridized carbons (Fsp3) is 0.462. The number of anilines is 6. The maximum atomic E-state index is 12.9. The van der Waals surface area contributed by atoms with Crippen molar-refractivity contribution in [1.29, 1.82) is 0 Å². The number of benzene rings is 6. The van der Waals surface area contributed by atoms with Gasteiger partial charge in [-0.2, -0.15) is 0 Å². The number of rotatable bonds is 23. The van der Waals surface area contributed by atoms with Gasteiger partial charge in [0, 0.05) is 119 Å². The molecule has 0 bridgehead atoms. The second-order valence-electron chi connectivity index (χ2n) is 35.6. The molecular formula is C104H139N21O14S. The van der Waals surface area contributed by atoms with Gasteiger partial charge >= 0.3 is 0 Å². The molecule has 7 fully saturated rings. The minimum Gasteiger partial charge on any atom is -0.395 e. The van der Waals surface area contributed by atoms with Gasteiger partial charge in [-0.3, -0.25) is 24.0 Å². The van der Waals surface area contributed by atoms with Gasteiger partial charge < -0.3 is 88.5 Å². The normalized spacial score (nSPS) is 21.8. The second kappa shape index (κ2) is 53.0. The number of aliphatic hydroxyl groups excluding tert-OH is 6. The van der Waals surface area contributed by atoms with Crippen LogP contribution in [-0.4, -0.2) is 234 Å². The summed E-state index contributed by atoms with van der Waals surface area (Å²) in [6.07, 6.45) is 27.9. The number of hydrogen-bond donors (Lipinski definition) is 16. The number of sulfone groups is 1. The lowest BCUT2D eigenvalue weighted by atomic mass is 9.93. The summed E-state index contributed by atoms with van der Waals surface area (Å²) in [6, 6.07) is 43.4. The standard InChI is InChI=1S/C24H28N4O2.C20H21N5O2.C19H24N4O4S.C19H24N4O3.C17H22N4O3.5CH4/c1-2-21(16-6-4-3-5-7-16)27-23(30)17-8-9-18-15-25-24(28-22(18)14-17)26-19-10-12-20(29)13-11-19;26-15-9-7-14(8-10-15)23-20-22-12-13-4-3-5-16(18(13)25-20)19(27)24-17-6-1-2-11-21-17;24-15-6-4-13(5-7-15)22-19-20-10-12-2-1-3-16(17(12)23-19)18(25)21-14-8-9-28(26,27)11-14;24-15-6-4-13(5-7-15)22-19-20-10-12-2-1-3-16(17(12)23-19)18(25)21-14-8-9-26-11-14;22-9-8-18-16(24)14-3-1-2-11-10-19-17(21-15(11)14)20-12-4-6-13(23)7-5-12;;;;;/h3-9,14-15,19-21,29H,2,10-13H2,1H3,(H,27,30)(H,25,26,28);1-6,11-12,14-15,26H,7-10H2,(H,21,24,27)(H,22,23,25);1-3,10,13-15,24H,4-9,11H2,(H,21,25)(H,20,22,23);1-3,10,13-15,24H,4-9,11H2,(H,21,25)(H,20,22,23);1-3,10,12-13,22-23H,4-9H2,(H,18,24)(H,19,20,21);5*1H4. The van der Waals surface area contributed by atoms with Gasteiger partial charge in [0.2, 0.25) is 29.7 Å². The number of carbonyl (C=O) groups excluding carboxylic acids is 5. The van der Waals surface area contributed by atoms with Crippen molar-refractivity contribution in [3.8, 4) is 0 Å². The van der Waals surface area contributed by atoms with Crippen molar-refractivity contribution in [3.05, 3.63) is 210 Å². The Kier molecular flexibility index (Phi) is 41.3. The van der Waals surface area contributed by atoms with E-state index in [4.69, 9.17) is 9.84 Å². The number of aromatic nitrogens is 11. The average Bonchev–Trinajstić information content (AvgIpc) is 0.914. The number of pyridine rings is 1. The number of fused-ring (bicyclic) bond motifs is 5. The minimum atomic E-state index is -3.06. The topological polar surface area (TPSA) is 512 Å². The van der Waals surface area contributed by atoms with Crippen molar-refractivity contribution >= 4 is 129 Å². The Balaban J connectivity index is 0.000000179. The first kappa shape index (κ1) is 109. The Hall–Kier alpha value is -12.8. The quantitative estimate of drug-likeness (QED) is 0.0283. The summed E-state index contributed by atoms with van der Waals surface area (Å²) in [5, 5.41) is 92.2. The maximum Gasteiger partial charge on any atom is 0.259 e. The maximum absolute atomic E-state index is 12.9. The number of nitrogens with one attached hydrogen (secondary N) is 10. The highest BCUT2D eigenvalue weighted by Gasteiger charge is 2.32. The van der Waals surface area contributed by atoms with Crippen LogP contribution in [0, 0.1) is 0 Å². The van der Waals surface area contributed by atoms with E-state index < -0.39 is 9.84 Å². The average molecular weight is 1940 g/mol. The number of hydrogen-bond acceptors (Lipinski definition) is 30. The zero-order valence-corrected chi connectivity index (χ0v) is 76.3. The highest BCUT2D eigenvalue weighted by molar-refractivity contribution is 7.91. The second-order valence-corrected chi connectivity index (χ2v) is 37.8. The fourth-order valence-corrected chi connectivity index (χ4v) is 19.5. The summed E-state index contributed by atoms with van der Waals surface area (Å²) in [7, 11) is -3.06. The summed E-state index contributed by atoms with van der Waals surface area (Å²) in [5.74, 6) is 2.05. The van der Waals surface area contributed by atoms with Gasteiger partial charge in [0.25, 0.3) is 29.5 Å². The number of aliphatic hydroxyl groups is 6. The number of nitrogens with zero attached hydrogens (tertiary/aromatic N) is 11. The molecule has 140 heavy (non-hydrogen) atoms. The fourth-order valence-electron chi connectivity index (χ4n) is 17.8. The Labute approximate surface area is 819 Å². The van der Waals surface area contributed by atoms with Crippen LogP contribution in [0.2, 0.25) is 0 Å². The largest absolute Gasteiger partial charge is 0.395 e. The number of ether oxygens (including phenoxy) is 1. The number of para-hydroxylation sites is 4. The Bertz CT molecular complexity index is 6140. The lowest BCUT2D eigenvalue weighted by Crippen LogP contribution is -2.35. The predicted molar refractivity (Wildman–Crippen MR) is 551 cm³/mol. The molecule has 12 aromatic rings. The molecule has 5 aliphatic carbocycles. The lowest BCUT2D eigenvalue weighted by molar-refractivity contribution is 0.0925.